The van der Waals surface area contributed by atoms with Crippen molar-refractivity contribution < 1.29 is 4.74 Å². The van der Waals surface area contributed by atoms with Crippen LogP contribution in [0.15, 0.2) is 22.7 Å². The molecule has 1 aliphatic rings. The molecule has 4 heteroatoms. The minimum atomic E-state index is 0.306. The third-order valence-electron chi connectivity index (χ3n) is 3.93. The third kappa shape index (κ3) is 4.74. The molecule has 0 aromatic heterocycles. The van der Waals surface area contributed by atoms with E-state index in [1.54, 1.807) is 0 Å². The predicted octanol–water partition coefficient (Wildman–Crippen LogP) is 3.04. The summed E-state index contributed by atoms with van der Waals surface area (Å²) < 4.78 is 6.66. The zero-order valence-corrected chi connectivity index (χ0v) is 14.2. The van der Waals surface area contributed by atoms with Gasteiger partial charge in [-0.25, -0.2) is 0 Å². The highest BCUT2D eigenvalue weighted by atomic mass is 79.9. The van der Waals surface area contributed by atoms with Gasteiger partial charge in [-0.15, -0.1) is 6.42 Å². The number of terminal acetylenes is 1. The Hall–Kier alpha value is -1.02. The average molecular weight is 351 g/mol. The second-order valence-electron chi connectivity index (χ2n) is 5.30. The number of nitrogens with zero attached hydrogens (tertiary/aromatic N) is 1. The van der Waals surface area contributed by atoms with E-state index in [0.717, 1.165) is 35.4 Å². The van der Waals surface area contributed by atoms with Gasteiger partial charge in [0.2, 0.25) is 0 Å². The molecule has 1 aliphatic heterocycles. The third-order valence-corrected chi connectivity index (χ3v) is 4.43. The Kier molecular flexibility index (Phi) is 6.56. The summed E-state index contributed by atoms with van der Waals surface area (Å²) in [4.78, 5) is 2.55. The molecule has 2 rings (SSSR count). The van der Waals surface area contributed by atoms with E-state index in [4.69, 9.17) is 11.2 Å². The summed E-state index contributed by atoms with van der Waals surface area (Å²) in [6.45, 7) is 6.73. The van der Waals surface area contributed by atoms with E-state index in [0.29, 0.717) is 12.6 Å². The van der Waals surface area contributed by atoms with Crippen molar-refractivity contribution in [3.05, 3.63) is 28.2 Å². The predicted molar refractivity (Wildman–Crippen MR) is 90.4 cm³/mol. The van der Waals surface area contributed by atoms with E-state index in [2.05, 4.69) is 45.1 Å². The molecule has 0 spiro atoms. The molecule has 0 aliphatic carbocycles. The first-order valence-electron chi connectivity index (χ1n) is 7.54. The van der Waals surface area contributed by atoms with E-state index >= 15 is 0 Å². The number of hydrogen-bond acceptors (Lipinski definition) is 3. The normalized spacial score (nSPS) is 18.6. The highest BCUT2D eigenvalue weighted by molar-refractivity contribution is 9.10. The maximum atomic E-state index is 5.60. The van der Waals surface area contributed by atoms with Crippen LogP contribution in [-0.2, 0) is 6.54 Å². The molecule has 0 radical (unpaired) electrons. The Morgan fingerprint density at radius 2 is 2.38 bits per heavy atom. The fraction of sp³-hybridized carbons (Fsp3) is 0.529. The lowest BCUT2D eigenvalue weighted by atomic mass is 10.2. The zero-order chi connectivity index (χ0) is 15.1. The lowest BCUT2D eigenvalue weighted by Gasteiger charge is -2.23. The first-order valence-corrected chi connectivity index (χ1v) is 8.33. The minimum absolute atomic E-state index is 0.306. The molecule has 1 unspecified atom stereocenters. The van der Waals surface area contributed by atoms with Crippen molar-refractivity contribution in [2.45, 2.75) is 32.4 Å². The second-order valence-corrected chi connectivity index (χ2v) is 6.22. The van der Waals surface area contributed by atoms with Crippen molar-refractivity contribution in [2.24, 2.45) is 0 Å². The number of halogens is 1. The standard InChI is InChI=1S/C17H23BrN2O/c1-3-10-21-17-8-7-15(18)11-14(17)12-19-13-16-6-5-9-20(16)4-2/h1,7-8,11,16,19H,4-6,9-10,12-13H2,2H3. The Balaban J connectivity index is 1.90. The summed E-state index contributed by atoms with van der Waals surface area (Å²) in [6, 6.07) is 6.69. The van der Waals surface area contributed by atoms with Crippen molar-refractivity contribution >= 4 is 15.9 Å². The minimum Gasteiger partial charge on any atom is -0.481 e. The van der Waals surface area contributed by atoms with Crippen LogP contribution >= 0.6 is 15.9 Å². The molecule has 21 heavy (non-hydrogen) atoms. The smallest absolute Gasteiger partial charge is 0.148 e. The molecule has 3 nitrogen and oxygen atoms in total. The van der Waals surface area contributed by atoms with Gasteiger partial charge < -0.3 is 10.1 Å². The van der Waals surface area contributed by atoms with E-state index in [-0.39, 0.29) is 0 Å². The number of hydrogen-bond donors (Lipinski definition) is 1. The summed E-state index contributed by atoms with van der Waals surface area (Å²) in [6.07, 6.45) is 7.87. The van der Waals surface area contributed by atoms with Crippen molar-refractivity contribution in [1.29, 1.82) is 0 Å². The first-order chi connectivity index (χ1) is 10.2. The molecule has 0 amide bonds. The van der Waals surface area contributed by atoms with Gasteiger partial charge in [0.1, 0.15) is 12.4 Å². The lowest BCUT2D eigenvalue weighted by molar-refractivity contribution is 0.259. The van der Waals surface area contributed by atoms with Crippen LogP contribution in [-0.4, -0.2) is 37.2 Å². The summed E-state index contributed by atoms with van der Waals surface area (Å²) in [7, 11) is 0. The number of likely N-dealkylation sites (N-methyl/N-ethyl adjacent to an activating group) is 1. The Morgan fingerprint density at radius 1 is 1.52 bits per heavy atom. The molecule has 1 aromatic carbocycles. The number of nitrogens with one attached hydrogen (secondary N) is 1. The quantitative estimate of drug-likeness (QED) is 0.765. The van der Waals surface area contributed by atoms with Crippen LogP contribution in [0.2, 0.25) is 0 Å². The maximum Gasteiger partial charge on any atom is 0.148 e. The largest absolute Gasteiger partial charge is 0.481 e. The Morgan fingerprint density at radius 3 is 3.14 bits per heavy atom. The topological polar surface area (TPSA) is 24.5 Å². The van der Waals surface area contributed by atoms with Crippen LogP contribution < -0.4 is 10.1 Å². The van der Waals surface area contributed by atoms with Crippen molar-refractivity contribution in [3.63, 3.8) is 0 Å². The second kappa shape index (κ2) is 8.43. The lowest BCUT2D eigenvalue weighted by Crippen LogP contribution is -2.37. The fourth-order valence-corrected chi connectivity index (χ4v) is 3.27. The first kappa shape index (κ1) is 16.4. The summed E-state index contributed by atoms with van der Waals surface area (Å²) >= 11 is 3.51. The molecule has 1 saturated heterocycles. The van der Waals surface area contributed by atoms with Gasteiger partial charge in [-0.1, -0.05) is 28.8 Å². The molecule has 1 atom stereocenters. The van der Waals surface area contributed by atoms with Crippen LogP contribution in [0, 0.1) is 12.3 Å². The van der Waals surface area contributed by atoms with Gasteiger partial charge in [0.25, 0.3) is 0 Å². The van der Waals surface area contributed by atoms with E-state index in [1.807, 2.05) is 12.1 Å². The van der Waals surface area contributed by atoms with Gasteiger partial charge in [-0.05, 0) is 44.1 Å². The van der Waals surface area contributed by atoms with Crippen LogP contribution in [0.3, 0.4) is 0 Å². The number of rotatable bonds is 7. The van der Waals surface area contributed by atoms with E-state index in [1.165, 1.54) is 19.4 Å². The van der Waals surface area contributed by atoms with Gasteiger partial charge in [-0.3, -0.25) is 4.90 Å². The zero-order valence-electron chi connectivity index (χ0n) is 12.6. The van der Waals surface area contributed by atoms with E-state index in [9.17, 15) is 0 Å². The molecular formula is C17H23BrN2O. The highest BCUT2D eigenvalue weighted by Crippen LogP contribution is 2.23. The fourth-order valence-electron chi connectivity index (χ4n) is 2.86. The summed E-state index contributed by atoms with van der Waals surface area (Å²) in [5, 5.41) is 3.56. The van der Waals surface area contributed by atoms with Crippen LogP contribution in [0.4, 0.5) is 0 Å². The molecule has 1 heterocycles. The Labute approximate surface area is 136 Å². The molecule has 1 fully saturated rings. The van der Waals surface area contributed by atoms with Crippen molar-refractivity contribution in [3.8, 4) is 18.1 Å². The van der Waals surface area contributed by atoms with Gasteiger partial charge in [0.15, 0.2) is 0 Å². The summed E-state index contributed by atoms with van der Waals surface area (Å²) in [5.41, 5.74) is 1.14. The molecule has 1 aromatic rings. The summed E-state index contributed by atoms with van der Waals surface area (Å²) in [5.74, 6) is 3.37. The van der Waals surface area contributed by atoms with Crippen LogP contribution in [0.1, 0.15) is 25.3 Å². The van der Waals surface area contributed by atoms with Gasteiger partial charge in [-0.2, -0.15) is 0 Å². The monoisotopic (exact) mass is 350 g/mol. The highest BCUT2D eigenvalue weighted by Gasteiger charge is 2.22. The van der Waals surface area contributed by atoms with Gasteiger partial charge >= 0.3 is 0 Å². The van der Waals surface area contributed by atoms with Crippen molar-refractivity contribution in [1.82, 2.24) is 10.2 Å². The maximum absolute atomic E-state index is 5.60. The van der Waals surface area contributed by atoms with Crippen LogP contribution in [0.5, 0.6) is 5.75 Å². The average Bonchev–Trinajstić information content (AvgIpc) is 2.94. The Bertz CT molecular complexity index is 498. The van der Waals surface area contributed by atoms with Gasteiger partial charge in [0.05, 0.1) is 0 Å². The molecule has 0 saturated carbocycles. The van der Waals surface area contributed by atoms with Crippen molar-refractivity contribution in [2.75, 3.05) is 26.2 Å². The van der Waals surface area contributed by atoms with E-state index < -0.39 is 0 Å². The number of benzene rings is 1. The molecular weight excluding hydrogens is 328 g/mol. The number of likely N-dealkylation sites (tertiary alicyclic amines) is 1. The molecule has 114 valence electrons. The molecule has 1 N–H and O–H groups in total. The SMILES string of the molecule is C#CCOc1ccc(Br)cc1CNCC1CCCN1CC. The molecule has 0 bridgehead atoms. The number of ether oxygens (including phenoxy) is 1. The van der Waals surface area contributed by atoms with Crippen LogP contribution in [0.25, 0.3) is 0 Å². The van der Waals surface area contributed by atoms with Gasteiger partial charge in [0, 0.05) is 29.2 Å².